The minimum Gasteiger partial charge on any atom is -0.468 e. The maximum absolute atomic E-state index is 12.8. The van der Waals surface area contributed by atoms with Crippen LogP contribution in [0.15, 0.2) is 33.8 Å². The third kappa shape index (κ3) is 2.30. The first-order chi connectivity index (χ1) is 13.3. The number of carbonyl (C=O) groups is 1. The van der Waals surface area contributed by atoms with Crippen LogP contribution in [0.3, 0.4) is 0 Å². The zero-order chi connectivity index (χ0) is 19.8. The number of fused-ring (bicyclic) bond motifs is 4. The Hall–Kier alpha value is -1.29. The summed E-state index contributed by atoms with van der Waals surface area (Å²) in [5.41, 5.74) is 5.51. The van der Waals surface area contributed by atoms with Crippen molar-refractivity contribution >= 4 is 27.6 Å². The van der Waals surface area contributed by atoms with Crippen molar-refractivity contribution in [3.8, 4) is 0 Å². The van der Waals surface area contributed by atoms with Gasteiger partial charge in [0.2, 0.25) is 0 Å². The van der Waals surface area contributed by atoms with E-state index in [0.29, 0.717) is 23.8 Å². The summed E-state index contributed by atoms with van der Waals surface area (Å²) in [7, 11) is 1.54. The summed E-state index contributed by atoms with van der Waals surface area (Å²) in [4.78, 5) is 12.8. The van der Waals surface area contributed by atoms with E-state index in [9.17, 15) is 4.79 Å². The van der Waals surface area contributed by atoms with Crippen molar-refractivity contribution in [2.24, 2.45) is 22.7 Å². The highest BCUT2D eigenvalue weighted by atomic mass is 79.9. The van der Waals surface area contributed by atoms with E-state index < -0.39 is 5.41 Å². The summed E-state index contributed by atoms with van der Waals surface area (Å²) in [6.07, 6.45) is 5.35. The number of hydrogen-bond donors (Lipinski definition) is 1. The summed E-state index contributed by atoms with van der Waals surface area (Å²) in [5, 5.41) is 3.88. The van der Waals surface area contributed by atoms with Gasteiger partial charge in [0.15, 0.2) is 0 Å². The van der Waals surface area contributed by atoms with Gasteiger partial charge in [-0.05, 0) is 74.1 Å². The van der Waals surface area contributed by atoms with Crippen molar-refractivity contribution in [1.29, 1.82) is 0 Å². The molecule has 3 nitrogen and oxygen atoms in total. The number of ether oxygens (including phenoxy) is 1. The van der Waals surface area contributed by atoms with Crippen molar-refractivity contribution in [2.45, 2.75) is 64.8 Å². The minimum atomic E-state index is -0.441. The zero-order valence-electron chi connectivity index (χ0n) is 17.3. The Bertz CT molecular complexity index is 893. The van der Waals surface area contributed by atoms with Crippen LogP contribution in [0.1, 0.15) is 64.4 Å². The summed E-state index contributed by atoms with van der Waals surface area (Å²) >= 11 is 3.68. The molecule has 0 saturated heterocycles. The Morgan fingerprint density at radius 2 is 2.04 bits per heavy atom. The van der Waals surface area contributed by atoms with Gasteiger partial charge >= 0.3 is 5.97 Å². The molecule has 1 N–H and O–H groups in total. The predicted molar refractivity (Wildman–Crippen MR) is 115 cm³/mol. The molecule has 0 unspecified atom stereocenters. The molecule has 150 valence electrons. The highest BCUT2D eigenvalue weighted by molar-refractivity contribution is 9.10. The lowest BCUT2D eigenvalue weighted by molar-refractivity contribution is -0.151. The van der Waals surface area contributed by atoms with Gasteiger partial charge in [-0.2, -0.15) is 0 Å². The fourth-order valence-corrected chi connectivity index (χ4v) is 7.40. The monoisotopic (exact) mass is 443 g/mol. The molecular weight excluding hydrogens is 414 g/mol. The topological polar surface area (TPSA) is 38.3 Å². The van der Waals surface area contributed by atoms with Crippen LogP contribution in [-0.2, 0) is 9.53 Å². The summed E-state index contributed by atoms with van der Waals surface area (Å²) in [5.74, 6) is 1.67. The van der Waals surface area contributed by atoms with E-state index in [1.54, 1.807) is 12.7 Å². The first-order valence-electron chi connectivity index (χ1n) is 10.7. The van der Waals surface area contributed by atoms with Crippen LogP contribution in [0.2, 0.25) is 0 Å². The SMILES string of the molecule is COC(=O)[C@@]1(C)CC[C@@H]2C3=C1CC[C@@H](C)[C@]3(C)C[C@@H]1c3cc(Br)ccc3N[C@H]21. The van der Waals surface area contributed by atoms with Crippen molar-refractivity contribution in [1.82, 2.24) is 0 Å². The van der Waals surface area contributed by atoms with E-state index in [4.69, 9.17) is 4.74 Å². The zero-order valence-corrected chi connectivity index (χ0v) is 18.9. The summed E-state index contributed by atoms with van der Waals surface area (Å²) in [6, 6.07) is 7.14. The standard InChI is InChI=1S/C24H30BrNO2/c1-13-5-7-18-20-15(9-10-23(18,2)22(27)28-4)21-17(12-24(13,20)3)16-11-14(25)6-8-19(16)26-21/h6,8,11,13,15,17,21,26H,5,7,9-10,12H2,1-4H3/t13-,15-,17-,21-,23+,24+/m1/s1. The Balaban J connectivity index is 1.67. The van der Waals surface area contributed by atoms with Gasteiger partial charge in [0.25, 0.3) is 0 Å². The summed E-state index contributed by atoms with van der Waals surface area (Å²) < 4.78 is 6.45. The molecule has 0 amide bonds. The number of anilines is 1. The molecular formula is C24H30BrNO2. The summed E-state index contributed by atoms with van der Waals surface area (Å²) in [6.45, 7) is 7.04. The molecule has 0 aromatic heterocycles. The van der Waals surface area contributed by atoms with Gasteiger partial charge in [0, 0.05) is 28.0 Å². The molecule has 0 spiro atoms. The van der Waals surface area contributed by atoms with Gasteiger partial charge in [-0.15, -0.1) is 0 Å². The predicted octanol–water partition coefficient (Wildman–Crippen LogP) is 6.05. The number of hydrogen-bond acceptors (Lipinski definition) is 3. The Morgan fingerprint density at radius 1 is 1.25 bits per heavy atom. The number of esters is 1. The lowest BCUT2D eigenvalue weighted by atomic mass is 9.47. The fourth-order valence-electron chi connectivity index (χ4n) is 7.03. The molecule has 1 saturated carbocycles. The average molecular weight is 444 g/mol. The largest absolute Gasteiger partial charge is 0.468 e. The van der Waals surface area contributed by atoms with Gasteiger partial charge in [0.05, 0.1) is 12.5 Å². The third-order valence-electron chi connectivity index (χ3n) is 8.73. The smallest absolute Gasteiger partial charge is 0.315 e. The van der Waals surface area contributed by atoms with Gasteiger partial charge in [-0.1, -0.05) is 40.9 Å². The number of benzene rings is 1. The molecule has 1 aliphatic heterocycles. The molecule has 6 atom stereocenters. The van der Waals surface area contributed by atoms with Crippen LogP contribution in [-0.4, -0.2) is 19.1 Å². The maximum Gasteiger partial charge on any atom is 0.315 e. The lowest BCUT2D eigenvalue weighted by Gasteiger charge is -2.58. The van der Waals surface area contributed by atoms with Crippen LogP contribution in [0.25, 0.3) is 0 Å². The molecule has 5 rings (SSSR count). The first kappa shape index (κ1) is 18.7. The van der Waals surface area contributed by atoms with Crippen LogP contribution in [0.4, 0.5) is 5.69 Å². The van der Waals surface area contributed by atoms with Crippen LogP contribution in [0.5, 0.6) is 0 Å². The average Bonchev–Trinajstić information content (AvgIpc) is 3.03. The molecule has 4 heteroatoms. The molecule has 1 heterocycles. The highest BCUT2D eigenvalue weighted by Crippen LogP contribution is 2.66. The fraction of sp³-hybridized carbons (Fsp3) is 0.625. The number of rotatable bonds is 1. The third-order valence-corrected chi connectivity index (χ3v) is 9.22. The van der Waals surface area contributed by atoms with Crippen LogP contribution < -0.4 is 5.32 Å². The Kier molecular flexibility index (Phi) is 4.08. The Morgan fingerprint density at radius 3 is 2.79 bits per heavy atom. The molecule has 28 heavy (non-hydrogen) atoms. The number of nitrogens with one attached hydrogen (secondary N) is 1. The minimum absolute atomic E-state index is 0.0425. The molecule has 1 aromatic carbocycles. The maximum atomic E-state index is 12.8. The van der Waals surface area contributed by atoms with Gasteiger partial charge < -0.3 is 10.1 Å². The van der Waals surface area contributed by atoms with Gasteiger partial charge in [0.1, 0.15) is 0 Å². The number of carbonyl (C=O) groups excluding carboxylic acids is 1. The molecule has 1 aromatic rings. The second kappa shape index (κ2) is 6.10. The van der Waals surface area contributed by atoms with Gasteiger partial charge in [-0.25, -0.2) is 0 Å². The van der Waals surface area contributed by atoms with E-state index in [1.165, 1.54) is 34.1 Å². The van der Waals surface area contributed by atoms with Crippen molar-refractivity contribution < 1.29 is 9.53 Å². The van der Waals surface area contributed by atoms with E-state index in [2.05, 4.69) is 60.2 Å². The second-order valence-corrected chi connectivity index (χ2v) is 10.8. The normalized spacial score (nSPS) is 40.9. The number of methoxy groups -OCH3 is 1. The van der Waals surface area contributed by atoms with Crippen molar-refractivity contribution in [2.75, 3.05) is 12.4 Å². The van der Waals surface area contributed by atoms with Crippen LogP contribution >= 0.6 is 15.9 Å². The highest BCUT2D eigenvalue weighted by Gasteiger charge is 2.59. The Labute approximate surface area is 176 Å². The second-order valence-electron chi connectivity index (χ2n) is 9.93. The lowest BCUT2D eigenvalue weighted by Crippen LogP contribution is -2.53. The molecule has 0 bridgehead atoms. The molecule has 3 aliphatic carbocycles. The van der Waals surface area contributed by atoms with E-state index in [0.717, 1.165) is 19.3 Å². The molecule has 0 radical (unpaired) electrons. The van der Waals surface area contributed by atoms with Gasteiger partial charge in [-0.3, -0.25) is 4.79 Å². The van der Waals surface area contributed by atoms with Crippen molar-refractivity contribution in [3.63, 3.8) is 0 Å². The van der Waals surface area contributed by atoms with Crippen molar-refractivity contribution in [3.05, 3.63) is 39.4 Å². The van der Waals surface area contributed by atoms with E-state index in [-0.39, 0.29) is 11.4 Å². The first-order valence-corrected chi connectivity index (χ1v) is 11.5. The molecule has 1 fully saturated rings. The van der Waals surface area contributed by atoms with E-state index >= 15 is 0 Å². The van der Waals surface area contributed by atoms with Crippen LogP contribution in [0, 0.1) is 22.7 Å². The number of halogens is 1. The quantitative estimate of drug-likeness (QED) is 0.423. The molecule has 4 aliphatic rings. The van der Waals surface area contributed by atoms with E-state index in [1.807, 2.05) is 0 Å².